The highest BCUT2D eigenvalue weighted by atomic mass is 35.5. The van der Waals surface area contributed by atoms with E-state index in [0.29, 0.717) is 11.6 Å². The van der Waals surface area contributed by atoms with Gasteiger partial charge in [-0.05, 0) is 32.0 Å². The molecule has 5 heteroatoms. The van der Waals surface area contributed by atoms with Gasteiger partial charge in [-0.2, -0.15) is 5.10 Å². The van der Waals surface area contributed by atoms with Crippen molar-refractivity contribution < 1.29 is 0 Å². The van der Waals surface area contributed by atoms with E-state index in [1.165, 1.54) is 0 Å². The van der Waals surface area contributed by atoms with Gasteiger partial charge in [0.25, 0.3) is 0 Å². The molecule has 0 aliphatic heterocycles. The molecule has 0 saturated heterocycles. The van der Waals surface area contributed by atoms with Gasteiger partial charge in [0, 0.05) is 12.7 Å². The number of aryl methyl sites for hydroxylation is 1. The summed E-state index contributed by atoms with van der Waals surface area (Å²) in [6, 6.07) is 5.70. The lowest BCUT2D eigenvalue weighted by molar-refractivity contribution is 0.666. The summed E-state index contributed by atoms with van der Waals surface area (Å²) < 4.78 is 1.83. The fourth-order valence-corrected chi connectivity index (χ4v) is 1.74. The zero-order chi connectivity index (χ0) is 12.3. The van der Waals surface area contributed by atoms with Crippen molar-refractivity contribution in [2.24, 2.45) is 0 Å². The molecule has 2 aromatic heterocycles. The molecule has 0 bridgehead atoms. The van der Waals surface area contributed by atoms with Crippen molar-refractivity contribution in [1.82, 2.24) is 14.8 Å². The van der Waals surface area contributed by atoms with Gasteiger partial charge in [-0.3, -0.25) is 4.68 Å². The predicted molar refractivity (Wildman–Crippen MR) is 69.5 cm³/mol. The third kappa shape index (κ3) is 2.97. The van der Waals surface area contributed by atoms with Gasteiger partial charge in [0.05, 0.1) is 23.0 Å². The van der Waals surface area contributed by atoms with E-state index in [0.717, 1.165) is 23.8 Å². The first-order valence-electron chi connectivity index (χ1n) is 5.58. The molecule has 0 atom stereocenters. The van der Waals surface area contributed by atoms with E-state index in [9.17, 15) is 0 Å². The standard InChI is InChI=1S/C12H15ClN4/c1-3-14-12-5-4-10(13)11(15-12)8-17-7-6-9(2)16-17/h4-7H,3,8H2,1-2H3,(H,14,15). The minimum absolute atomic E-state index is 0.589. The number of halogens is 1. The Morgan fingerprint density at radius 3 is 2.82 bits per heavy atom. The molecule has 0 saturated carbocycles. The molecule has 0 spiro atoms. The minimum Gasteiger partial charge on any atom is -0.370 e. The summed E-state index contributed by atoms with van der Waals surface area (Å²) in [4.78, 5) is 4.46. The first-order valence-corrected chi connectivity index (χ1v) is 5.96. The third-order valence-corrected chi connectivity index (χ3v) is 2.71. The zero-order valence-corrected chi connectivity index (χ0v) is 10.7. The molecule has 1 N–H and O–H groups in total. The van der Waals surface area contributed by atoms with Crippen molar-refractivity contribution in [3.8, 4) is 0 Å². The Balaban J connectivity index is 2.22. The van der Waals surface area contributed by atoms with Crippen LogP contribution >= 0.6 is 11.6 Å². The van der Waals surface area contributed by atoms with Crippen LogP contribution in [0.3, 0.4) is 0 Å². The predicted octanol–water partition coefficient (Wildman–Crippen LogP) is 2.72. The van der Waals surface area contributed by atoms with Crippen molar-refractivity contribution in [2.45, 2.75) is 20.4 Å². The lowest BCUT2D eigenvalue weighted by Crippen LogP contribution is -2.06. The average molecular weight is 251 g/mol. The SMILES string of the molecule is CCNc1ccc(Cl)c(Cn2ccc(C)n2)n1. The Morgan fingerprint density at radius 1 is 1.35 bits per heavy atom. The van der Waals surface area contributed by atoms with Crippen LogP contribution in [0.15, 0.2) is 24.4 Å². The van der Waals surface area contributed by atoms with E-state index in [-0.39, 0.29) is 0 Å². The second kappa shape index (κ2) is 5.19. The van der Waals surface area contributed by atoms with Gasteiger partial charge >= 0.3 is 0 Å². The number of pyridine rings is 1. The Bertz CT molecular complexity index is 507. The molecule has 0 aromatic carbocycles. The second-order valence-corrected chi connectivity index (χ2v) is 4.22. The highest BCUT2D eigenvalue weighted by Crippen LogP contribution is 2.17. The van der Waals surface area contributed by atoms with Crippen LogP contribution in [0.4, 0.5) is 5.82 Å². The Labute approximate surface area is 106 Å². The third-order valence-electron chi connectivity index (χ3n) is 2.36. The Morgan fingerprint density at radius 2 is 2.18 bits per heavy atom. The summed E-state index contributed by atoms with van der Waals surface area (Å²) in [5.41, 5.74) is 1.82. The summed E-state index contributed by atoms with van der Waals surface area (Å²) in [6.07, 6.45) is 1.92. The molecule has 0 unspecified atom stereocenters. The first kappa shape index (κ1) is 11.9. The van der Waals surface area contributed by atoms with Crippen LogP contribution < -0.4 is 5.32 Å². The maximum atomic E-state index is 6.12. The summed E-state index contributed by atoms with van der Waals surface area (Å²) >= 11 is 6.12. The van der Waals surface area contributed by atoms with Gasteiger partial charge in [0.2, 0.25) is 0 Å². The van der Waals surface area contributed by atoms with Crippen molar-refractivity contribution >= 4 is 17.4 Å². The van der Waals surface area contributed by atoms with Crippen molar-refractivity contribution in [1.29, 1.82) is 0 Å². The summed E-state index contributed by atoms with van der Waals surface area (Å²) in [5.74, 6) is 0.843. The lowest BCUT2D eigenvalue weighted by Gasteiger charge is -2.07. The minimum atomic E-state index is 0.589. The van der Waals surface area contributed by atoms with E-state index in [2.05, 4.69) is 15.4 Å². The summed E-state index contributed by atoms with van der Waals surface area (Å²) in [5, 5.41) is 8.15. The number of aromatic nitrogens is 3. The number of hydrogen-bond donors (Lipinski definition) is 1. The van der Waals surface area contributed by atoms with Gasteiger partial charge in [-0.1, -0.05) is 11.6 Å². The molecule has 0 radical (unpaired) electrons. The first-order chi connectivity index (χ1) is 8.19. The molecule has 2 heterocycles. The fraction of sp³-hybridized carbons (Fsp3) is 0.333. The number of anilines is 1. The van der Waals surface area contributed by atoms with Crippen molar-refractivity contribution in [3.63, 3.8) is 0 Å². The van der Waals surface area contributed by atoms with Crippen LogP contribution in [-0.4, -0.2) is 21.3 Å². The highest BCUT2D eigenvalue weighted by Gasteiger charge is 2.05. The van der Waals surface area contributed by atoms with Gasteiger partial charge in [-0.25, -0.2) is 4.98 Å². The van der Waals surface area contributed by atoms with Gasteiger partial charge in [0.1, 0.15) is 5.82 Å². The highest BCUT2D eigenvalue weighted by molar-refractivity contribution is 6.31. The second-order valence-electron chi connectivity index (χ2n) is 3.81. The van der Waals surface area contributed by atoms with Crippen LogP contribution in [-0.2, 0) is 6.54 Å². The smallest absolute Gasteiger partial charge is 0.126 e. The van der Waals surface area contributed by atoms with E-state index in [1.54, 1.807) is 0 Å². The molecular formula is C12H15ClN4. The van der Waals surface area contributed by atoms with Gasteiger partial charge < -0.3 is 5.32 Å². The van der Waals surface area contributed by atoms with Gasteiger partial charge in [-0.15, -0.1) is 0 Å². The van der Waals surface area contributed by atoms with Crippen LogP contribution in [0.2, 0.25) is 5.02 Å². The molecule has 90 valence electrons. The van der Waals surface area contributed by atoms with Crippen LogP contribution in [0, 0.1) is 6.92 Å². The zero-order valence-electron chi connectivity index (χ0n) is 9.94. The maximum absolute atomic E-state index is 6.12. The normalized spacial score (nSPS) is 10.5. The van der Waals surface area contributed by atoms with E-state index < -0.39 is 0 Å². The summed E-state index contributed by atoms with van der Waals surface area (Å²) in [7, 11) is 0. The number of nitrogens with zero attached hydrogens (tertiary/aromatic N) is 3. The molecule has 2 rings (SSSR count). The number of hydrogen-bond acceptors (Lipinski definition) is 3. The monoisotopic (exact) mass is 250 g/mol. The Kier molecular flexibility index (Phi) is 3.64. The molecule has 17 heavy (non-hydrogen) atoms. The molecule has 0 aliphatic rings. The number of rotatable bonds is 4. The fourth-order valence-electron chi connectivity index (χ4n) is 1.58. The molecule has 0 amide bonds. The quantitative estimate of drug-likeness (QED) is 0.907. The maximum Gasteiger partial charge on any atom is 0.126 e. The topological polar surface area (TPSA) is 42.7 Å². The lowest BCUT2D eigenvalue weighted by atomic mass is 10.3. The van der Waals surface area contributed by atoms with E-state index >= 15 is 0 Å². The van der Waals surface area contributed by atoms with E-state index in [4.69, 9.17) is 11.6 Å². The largest absolute Gasteiger partial charge is 0.370 e. The van der Waals surface area contributed by atoms with Crippen molar-refractivity contribution in [3.05, 3.63) is 40.8 Å². The molecule has 0 fully saturated rings. The van der Waals surface area contributed by atoms with Gasteiger partial charge in [0.15, 0.2) is 0 Å². The van der Waals surface area contributed by atoms with Crippen LogP contribution in [0.5, 0.6) is 0 Å². The average Bonchev–Trinajstić information content (AvgIpc) is 2.69. The Hall–Kier alpha value is -1.55. The van der Waals surface area contributed by atoms with Crippen molar-refractivity contribution in [2.75, 3.05) is 11.9 Å². The van der Waals surface area contributed by atoms with E-state index in [1.807, 2.05) is 42.9 Å². The molecular weight excluding hydrogens is 236 g/mol. The molecule has 4 nitrogen and oxygen atoms in total. The van der Waals surface area contributed by atoms with Crippen LogP contribution in [0.1, 0.15) is 18.3 Å². The molecule has 0 aliphatic carbocycles. The molecule has 2 aromatic rings. The number of nitrogens with one attached hydrogen (secondary N) is 1. The van der Waals surface area contributed by atoms with Crippen LogP contribution in [0.25, 0.3) is 0 Å². The summed E-state index contributed by atoms with van der Waals surface area (Å²) in [6.45, 7) is 5.42.